The van der Waals surface area contributed by atoms with Crippen molar-refractivity contribution in [2.75, 3.05) is 19.1 Å². The van der Waals surface area contributed by atoms with Crippen LogP contribution in [0.4, 0.5) is 5.69 Å². The van der Waals surface area contributed by atoms with E-state index in [1.54, 1.807) is 67.6 Å². The van der Waals surface area contributed by atoms with Crippen LogP contribution in [0.3, 0.4) is 0 Å². The number of carbonyl (C=O) groups excluding carboxylic acids is 2. The zero-order valence-corrected chi connectivity index (χ0v) is 18.7. The number of amides is 1. The lowest BCUT2D eigenvalue weighted by molar-refractivity contribution is -0.117. The van der Waals surface area contributed by atoms with Crippen molar-refractivity contribution in [3.05, 3.63) is 89.3 Å². The molecule has 34 heavy (non-hydrogen) atoms. The Hall–Kier alpha value is -4.46. The van der Waals surface area contributed by atoms with Gasteiger partial charge in [-0.2, -0.15) is 0 Å². The van der Waals surface area contributed by atoms with Gasteiger partial charge < -0.3 is 23.4 Å². The maximum atomic E-state index is 13.7. The maximum absolute atomic E-state index is 13.7. The van der Waals surface area contributed by atoms with Crippen LogP contribution in [0.25, 0.3) is 11.0 Å². The SMILES string of the molecule is COc1cccc(N2C(=O)C(O)=C(C(=O)c3cc4cccc(OC)c4o3)C2c2ccc(C)o2)c1. The predicted octanol–water partition coefficient (Wildman–Crippen LogP) is 5.13. The van der Waals surface area contributed by atoms with Crippen molar-refractivity contribution in [2.24, 2.45) is 0 Å². The van der Waals surface area contributed by atoms with Crippen LogP contribution in [-0.4, -0.2) is 31.0 Å². The number of aliphatic hydroxyl groups excluding tert-OH is 1. The number of carbonyl (C=O) groups is 2. The van der Waals surface area contributed by atoms with E-state index in [2.05, 4.69) is 0 Å². The van der Waals surface area contributed by atoms with Crippen LogP contribution < -0.4 is 14.4 Å². The van der Waals surface area contributed by atoms with Gasteiger partial charge in [-0.05, 0) is 43.3 Å². The number of furan rings is 2. The third-order valence-electron chi connectivity index (χ3n) is 5.77. The number of aliphatic hydroxyl groups is 1. The first-order valence-electron chi connectivity index (χ1n) is 10.5. The molecule has 1 aliphatic rings. The quantitative estimate of drug-likeness (QED) is 0.399. The first-order chi connectivity index (χ1) is 16.4. The molecule has 8 heteroatoms. The topological polar surface area (TPSA) is 102 Å². The number of hydrogen-bond donors (Lipinski definition) is 1. The third-order valence-corrected chi connectivity index (χ3v) is 5.77. The van der Waals surface area contributed by atoms with E-state index in [9.17, 15) is 14.7 Å². The van der Waals surface area contributed by atoms with Gasteiger partial charge in [0, 0.05) is 17.1 Å². The number of Topliss-reactive ketones (excluding diaryl/α,β-unsaturated/α-hetero) is 1. The van der Waals surface area contributed by atoms with E-state index < -0.39 is 23.5 Å². The minimum Gasteiger partial charge on any atom is -0.503 e. The van der Waals surface area contributed by atoms with Crippen LogP contribution in [0.5, 0.6) is 11.5 Å². The Kier molecular flexibility index (Phi) is 5.13. The number of ether oxygens (including phenoxy) is 2. The van der Waals surface area contributed by atoms with Gasteiger partial charge in [-0.3, -0.25) is 14.5 Å². The van der Waals surface area contributed by atoms with Gasteiger partial charge in [-0.25, -0.2) is 0 Å². The van der Waals surface area contributed by atoms with Crippen molar-refractivity contribution in [3.8, 4) is 11.5 Å². The van der Waals surface area contributed by atoms with E-state index in [0.29, 0.717) is 39.7 Å². The molecule has 0 fully saturated rings. The molecule has 1 N–H and O–H groups in total. The van der Waals surface area contributed by atoms with Crippen LogP contribution in [0, 0.1) is 6.92 Å². The number of aryl methyl sites for hydroxylation is 1. The molecule has 1 aliphatic heterocycles. The van der Waals surface area contributed by atoms with E-state index in [-0.39, 0.29) is 11.3 Å². The normalized spacial score (nSPS) is 15.9. The van der Waals surface area contributed by atoms with Crippen molar-refractivity contribution < 1.29 is 33.0 Å². The summed E-state index contributed by atoms with van der Waals surface area (Å²) in [5.41, 5.74) is 0.692. The average molecular weight is 459 g/mol. The van der Waals surface area contributed by atoms with E-state index in [1.165, 1.54) is 19.1 Å². The monoisotopic (exact) mass is 459 g/mol. The highest BCUT2D eigenvalue weighted by Gasteiger charge is 2.47. The molecule has 0 radical (unpaired) electrons. The lowest BCUT2D eigenvalue weighted by atomic mass is 9.99. The summed E-state index contributed by atoms with van der Waals surface area (Å²) in [4.78, 5) is 28.2. The van der Waals surface area contributed by atoms with E-state index in [0.717, 1.165) is 0 Å². The molecule has 4 aromatic rings. The summed E-state index contributed by atoms with van der Waals surface area (Å²) in [6.07, 6.45) is 0. The van der Waals surface area contributed by atoms with Gasteiger partial charge in [-0.15, -0.1) is 0 Å². The van der Waals surface area contributed by atoms with Gasteiger partial charge in [0.05, 0.1) is 19.8 Å². The van der Waals surface area contributed by atoms with E-state index in [4.69, 9.17) is 18.3 Å². The highest BCUT2D eigenvalue weighted by atomic mass is 16.5. The van der Waals surface area contributed by atoms with Crippen LogP contribution in [0.1, 0.15) is 28.1 Å². The minimum atomic E-state index is -1.00. The fraction of sp³-hybridized carbons (Fsp3) is 0.154. The Bertz CT molecular complexity index is 1460. The fourth-order valence-corrected chi connectivity index (χ4v) is 4.18. The number of rotatable bonds is 6. The predicted molar refractivity (Wildman–Crippen MR) is 123 cm³/mol. The molecule has 172 valence electrons. The second-order valence-electron chi connectivity index (χ2n) is 7.81. The zero-order valence-electron chi connectivity index (χ0n) is 18.7. The summed E-state index contributed by atoms with van der Waals surface area (Å²) < 4.78 is 22.2. The number of methoxy groups -OCH3 is 2. The highest BCUT2D eigenvalue weighted by molar-refractivity contribution is 6.20. The van der Waals surface area contributed by atoms with Crippen LogP contribution in [0.2, 0.25) is 0 Å². The van der Waals surface area contributed by atoms with Crippen molar-refractivity contribution in [1.29, 1.82) is 0 Å². The summed E-state index contributed by atoms with van der Waals surface area (Å²) in [5.74, 6) is -0.155. The summed E-state index contributed by atoms with van der Waals surface area (Å²) in [6.45, 7) is 1.76. The molecule has 0 aliphatic carbocycles. The first kappa shape index (κ1) is 21.4. The van der Waals surface area contributed by atoms with Gasteiger partial charge in [0.15, 0.2) is 22.9 Å². The Morgan fingerprint density at radius 1 is 1.00 bits per heavy atom. The highest BCUT2D eigenvalue weighted by Crippen LogP contribution is 2.43. The minimum absolute atomic E-state index is 0.0328. The van der Waals surface area contributed by atoms with Crippen molar-refractivity contribution >= 4 is 28.3 Å². The second kappa shape index (κ2) is 8.15. The van der Waals surface area contributed by atoms with Crippen LogP contribution in [0.15, 0.2) is 80.8 Å². The third kappa shape index (κ3) is 3.31. The largest absolute Gasteiger partial charge is 0.503 e. The van der Waals surface area contributed by atoms with Gasteiger partial charge >= 0.3 is 0 Å². The van der Waals surface area contributed by atoms with E-state index in [1.807, 2.05) is 0 Å². The summed E-state index contributed by atoms with van der Waals surface area (Å²) >= 11 is 0. The Balaban J connectivity index is 1.65. The number of fused-ring (bicyclic) bond motifs is 1. The first-order valence-corrected chi connectivity index (χ1v) is 10.5. The van der Waals surface area contributed by atoms with Gasteiger partial charge in [0.25, 0.3) is 5.91 Å². The van der Waals surface area contributed by atoms with Gasteiger partial charge in [0.1, 0.15) is 23.3 Å². The molecule has 0 saturated heterocycles. The number of hydrogen-bond acceptors (Lipinski definition) is 7. The second-order valence-corrected chi connectivity index (χ2v) is 7.81. The van der Waals surface area contributed by atoms with Crippen LogP contribution in [-0.2, 0) is 4.79 Å². The van der Waals surface area contributed by atoms with Crippen molar-refractivity contribution in [3.63, 3.8) is 0 Å². The van der Waals surface area contributed by atoms with Crippen molar-refractivity contribution in [2.45, 2.75) is 13.0 Å². The Morgan fingerprint density at radius 2 is 1.79 bits per heavy atom. The summed E-state index contributed by atoms with van der Waals surface area (Å²) in [6, 6.07) is 16.0. The molecule has 1 unspecified atom stereocenters. The molecule has 3 heterocycles. The standard InChI is InChI=1S/C26H21NO7/c1-14-10-11-18(33-14)22-21(23(28)20-12-15-6-4-9-19(32-3)25(15)34-20)24(29)26(30)27(22)16-7-5-8-17(13-16)31-2/h4-13,22,29H,1-3H3. The molecular weight excluding hydrogens is 438 g/mol. The lowest BCUT2D eigenvalue weighted by Crippen LogP contribution is -2.30. The molecule has 5 rings (SSSR count). The lowest BCUT2D eigenvalue weighted by Gasteiger charge is -2.25. The number of anilines is 1. The number of ketones is 1. The fourth-order valence-electron chi connectivity index (χ4n) is 4.18. The number of benzene rings is 2. The Morgan fingerprint density at radius 3 is 2.50 bits per heavy atom. The Labute approximate surface area is 194 Å². The van der Waals surface area contributed by atoms with Crippen molar-refractivity contribution in [1.82, 2.24) is 0 Å². The number of para-hydroxylation sites is 1. The zero-order chi connectivity index (χ0) is 24.0. The molecule has 0 saturated carbocycles. The molecule has 1 amide bonds. The van der Waals surface area contributed by atoms with Gasteiger partial charge in [-0.1, -0.05) is 18.2 Å². The molecule has 2 aromatic carbocycles. The van der Waals surface area contributed by atoms with Crippen LogP contribution >= 0.6 is 0 Å². The smallest absolute Gasteiger partial charge is 0.294 e. The number of nitrogens with zero attached hydrogens (tertiary/aromatic N) is 1. The summed E-state index contributed by atoms with van der Waals surface area (Å²) in [7, 11) is 3.02. The maximum Gasteiger partial charge on any atom is 0.294 e. The van der Waals surface area contributed by atoms with E-state index >= 15 is 0 Å². The molecule has 2 aromatic heterocycles. The molecular formula is C26H21NO7. The molecule has 1 atom stereocenters. The summed E-state index contributed by atoms with van der Waals surface area (Å²) in [5, 5.41) is 11.5. The average Bonchev–Trinajstić information content (AvgIpc) is 3.54. The molecule has 0 bridgehead atoms. The molecule has 0 spiro atoms. The van der Waals surface area contributed by atoms with Gasteiger partial charge in [0.2, 0.25) is 5.78 Å². The molecule has 8 nitrogen and oxygen atoms in total.